The minimum absolute atomic E-state index is 0.0972. The molecule has 0 spiro atoms. The number of hydrogen-bond acceptors (Lipinski definition) is 4. The van der Waals surface area contributed by atoms with E-state index in [4.69, 9.17) is 5.73 Å². The number of nitro benzene ring substituents is 1. The Balaban J connectivity index is 2.41. The monoisotopic (exact) mass is 259 g/mol. The van der Waals surface area contributed by atoms with E-state index in [1.807, 2.05) is 6.92 Å². The molecule has 0 aliphatic rings. The molecule has 0 saturated carbocycles. The number of benzene rings is 1. The van der Waals surface area contributed by atoms with Crippen LogP contribution in [0.4, 0.5) is 11.4 Å². The standard InChI is InChI=1S/C13H13N3O3/c1-9-5-6-15(12(17)7-9)8-10-3-2-4-11(13(10)14)16(18)19/h2-7H,8,14H2,1H3. The van der Waals surface area contributed by atoms with Gasteiger partial charge in [0, 0.05) is 23.9 Å². The van der Waals surface area contributed by atoms with E-state index in [0.29, 0.717) is 5.56 Å². The molecule has 1 aromatic heterocycles. The zero-order valence-electron chi connectivity index (χ0n) is 10.4. The van der Waals surface area contributed by atoms with Crippen molar-refractivity contribution in [2.45, 2.75) is 13.5 Å². The number of aryl methyl sites for hydroxylation is 1. The van der Waals surface area contributed by atoms with E-state index in [1.165, 1.54) is 16.7 Å². The molecule has 19 heavy (non-hydrogen) atoms. The number of nitrogen functional groups attached to an aromatic ring is 1. The summed E-state index contributed by atoms with van der Waals surface area (Å²) in [6, 6.07) is 7.89. The van der Waals surface area contributed by atoms with Gasteiger partial charge in [0.05, 0.1) is 11.5 Å². The Hall–Kier alpha value is -2.63. The Morgan fingerprint density at radius 3 is 2.74 bits per heavy atom. The highest BCUT2D eigenvalue weighted by Gasteiger charge is 2.14. The Labute approximate surface area is 109 Å². The number of rotatable bonds is 3. The van der Waals surface area contributed by atoms with E-state index in [1.54, 1.807) is 24.4 Å². The van der Waals surface area contributed by atoms with E-state index in [2.05, 4.69) is 0 Å². The van der Waals surface area contributed by atoms with Gasteiger partial charge in [0.1, 0.15) is 5.69 Å². The lowest BCUT2D eigenvalue weighted by Crippen LogP contribution is -2.20. The van der Waals surface area contributed by atoms with Gasteiger partial charge in [-0.1, -0.05) is 12.1 Å². The van der Waals surface area contributed by atoms with Gasteiger partial charge in [0.25, 0.3) is 11.2 Å². The van der Waals surface area contributed by atoms with Gasteiger partial charge in [-0.3, -0.25) is 14.9 Å². The van der Waals surface area contributed by atoms with Crippen molar-refractivity contribution in [3.63, 3.8) is 0 Å². The first-order valence-electron chi connectivity index (χ1n) is 5.68. The Kier molecular flexibility index (Phi) is 3.33. The molecule has 0 saturated heterocycles. The topological polar surface area (TPSA) is 91.2 Å². The molecule has 2 aromatic rings. The maximum absolute atomic E-state index is 11.8. The van der Waals surface area contributed by atoms with Crippen LogP contribution in [0.25, 0.3) is 0 Å². The average molecular weight is 259 g/mol. The second-order valence-electron chi connectivity index (χ2n) is 4.28. The largest absolute Gasteiger partial charge is 0.393 e. The van der Waals surface area contributed by atoms with Crippen LogP contribution in [0.3, 0.4) is 0 Å². The summed E-state index contributed by atoms with van der Waals surface area (Å²) in [6.45, 7) is 2.04. The lowest BCUT2D eigenvalue weighted by molar-refractivity contribution is -0.383. The van der Waals surface area contributed by atoms with Gasteiger partial charge in [-0.15, -0.1) is 0 Å². The fourth-order valence-electron chi connectivity index (χ4n) is 1.82. The average Bonchev–Trinajstić information content (AvgIpc) is 2.34. The number of para-hydroxylation sites is 1. The molecule has 98 valence electrons. The third-order valence-corrected chi connectivity index (χ3v) is 2.86. The predicted molar refractivity (Wildman–Crippen MR) is 72.0 cm³/mol. The molecule has 6 heteroatoms. The van der Waals surface area contributed by atoms with Crippen molar-refractivity contribution < 1.29 is 4.92 Å². The van der Waals surface area contributed by atoms with Gasteiger partial charge >= 0.3 is 0 Å². The summed E-state index contributed by atoms with van der Waals surface area (Å²) in [5, 5.41) is 10.8. The van der Waals surface area contributed by atoms with Crippen molar-refractivity contribution in [1.29, 1.82) is 0 Å². The van der Waals surface area contributed by atoms with Crippen molar-refractivity contribution in [3.05, 3.63) is 68.1 Å². The first-order chi connectivity index (χ1) is 8.99. The van der Waals surface area contributed by atoms with Gasteiger partial charge in [0.2, 0.25) is 0 Å². The first-order valence-corrected chi connectivity index (χ1v) is 5.68. The van der Waals surface area contributed by atoms with Gasteiger partial charge in [-0.2, -0.15) is 0 Å². The minimum atomic E-state index is -0.531. The van der Waals surface area contributed by atoms with Crippen molar-refractivity contribution in [1.82, 2.24) is 4.57 Å². The van der Waals surface area contributed by atoms with Crippen molar-refractivity contribution in [2.24, 2.45) is 0 Å². The minimum Gasteiger partial charge on any atom is -0.393 e. The summed E-state index contributed by atoms with van der Waals surface area (Å²) in [5.41, 5.74) is 6.97. The van der Waals surface area contributed by atoms with Crippen LogP contribution < -0.4 is 11.3 Å². The number of pyridine rings is 1. The molecule has 0 aliphatic carbocycles. The normalized spacial score (nSPS) is 10.4. The predicted octanol–water partition coefficient (Wildman–Crippen LogP) is 1.70. The van der Waals surface area contributed by atoms with E-state index >= 15 is 0 Å². The highest BCUT2D eigenvalue weighted by Crippen LogP contribution is 2.25. The van der Waals surface area contributed by atoms with E-state index in [9.17, 15) is 14.9 Å². The number of nitro groups is 1. The second kappa shape index (κ2) is 4.93. The zero-order valence-corrected chi connectivity index (χ0v) is 10.4. The summed E-state index contributed by atoms with van der Waals surface area (Å²) in [7, 11) is 0. The SMILES string of the molecule is Cc1ccn(Cc2cccc([N+](=O)[O-])c2N)c(=O)c1. The van der Waals surface area contributed by atoms with Crippen LogP contribution in [0.15, 0.2) is 41.3 Å². The molecule has 2 N–H and O–H groups in total. The van der Waals surface area contributed by atoms with Crippen molar-refractivity contribution in [2.75, 3.05) is 5.73 Å². The molecule has 6 nitrogen and oxygen atoms in total. The molecule has 2 rings (SSSR count). The van der Waals surface area contributed by atoms with Crippen LogP contribution in [0.5, 0.6) is 0 Å². The number of hydrogen-bond donors (Lipinski definition) is 1. The third-order valence-electron chi connectivity index (χ3n) is 2.86. The number of nitrogens with two attached hydrogens (primary N) is 1. The van der Waals surface area contributed by atoms with Crippen molar-refractivity contribution in [3.8, 4) is 0 Å². The van der Waals surface area contributed by atoms with Crippen LogP contribution in [-0.2, 0) is 6.54 Å². The molecule has 1 heterocycles. The van der Waals surface area contributed by atoms with Crippen LogP contribution in [0.1, 0.15) is 11.1 Å². The van der Waals surface area contributed by atoms with Crippen LogP contribution >= 0.6 is 0 Å². The van der Waals surface area contributed by atoms with Crippen LogP contribution in [0, 0.1) is 17.0 Å². The first kappa shape index (κ1) is 12.8. The quantitative estimate of drug-likeness (QED) is 0.516. The van der Waals surface area contributed by atoms with Gasteiger partial charge < -0.3 is 10.3 Å². The molecule has 0 atom stereocenters. The molecule has 0 amide bonds. The number of aromatic nitrogens is 1. The zero-order chi connectivity index (χ0) is 14.0. The maximum Gasteiger partial charge on any atom is 0.292 e. The number of anilines is 1. The molecule has 0 bridgehead atoms. The highest BCUT2D eigenvalue weighted by molar-refractivity contribution is 5.63. The van der Waals surface area contributed by atoms with Gasteiger partial charge in [-0.25, -0.2) is 0 Å². The van der Waals surface area contributed by atoms with E-state index in [-0.39, 0.29) is 23.5 Å². The number of nitrogens with zero attached hydrogens (tertiary/aromatic N) is 2. The third kappa shape index (κ3) is 2.62. The lowest BCUT2D eigenvalue weighted by Gasteiger charge is -2.08. The summed E-state index contributed by atoms with van der Waals surface area (Å²) in [5.74, 6) is 0. The molecule has 0 unspecified atom stereocenters. The highest BCUT2D eigenvalue weighted by atomic mass is 16.6. The second-order valence-corrected chi connectivity index (χ2v) is 4.28. The summed E-state index contributed by atoms with van der Waals surface area (Å²) >= 11 is 0. The maximum atomic E-state index is 11.8. The Morgan fingerprint density at radius 1 is 1.37 bits per heavy atom. The van der Waals surface area contributed by atoms with Crippen LogP contribution in [-0.4, -0.2) is 9.49 Å². The molecule has 0 aliphatic heterocycles. The van der Waals surface area contributed by atoms with E-state index in [0.717, 1.165) is 5.56 Å². The smallest absolute Gasteiger partial charge is 0.292 e. The molecule has 0 radical (unpaired) electrons. The molecular formula is C13H13N3O3. The fraction of sp³-hybridized carbons (Fsp3) is 0.154. The summed E-state index contributed by atoms with van der Waals surface area (Å²) < 4.78 is 1.46. The fourth-order valence-corrected chi connectivity index (χ4v) is 1.82. The van der Waals surface area contributed by atoms with E-state index < -0.39 is 4.92 Å². The summed E-state index contributed by atoms with van der Waals surface area (Å²) in [4.78, 5) is 22.0. The molecular weight excluding hydrogens is 246 g/mol. The molecule has 1 aromatic carbocycles. The van der Waals surface area contributed by atoms with Gasteiger partial charge in [0.15, 0.2) is 0 Å². The van der Waals surface area contributed by atoms with Crippen LogP contribution in [0.2, 0.25) is 0 Å². The van der Waals surface area contributed by atoms with Gasteiger partial charge in [-0.05, 0) is 18.6 Å². The summed E-state index contributed by atoms with van der Waals surface area (Å²) in [6.07, 6.45) is 1.65. The molecule has 0 fully saturated rings. The Bertz CT molecular complexity index is 692. The van der Waals surface area contributed by atoms with Crippen molar-refractivity contribution >= 4 is 11.4 Å². The lowest BCUT2D eigenvalue weighted by atomic mass is 10.1. The Morgan fingerprint density at radius 2 is 2.11 bits per heavy atom.